The first-order valence-corrected chi connectivity index (χ1v) is 7.54. The van der Waals surface area contributed by atoms with Gasteiger partial charge < -0.3 is 5.11 Å². The maximum absolute atomic E-state index is 13.3. The number of rotatable bonds is 4. The molecule has 1 unspecified atom stereocenters. The summed E-state index contributed by atoms with van der Waals surface area (Å²) in [4.78, 5) is 11.4. The zero-order chi connectivity index (χ0) is 15.1. The molecule has 1 aliphatic rings. The van der Waals surface area contributed by atoms with Crippen LogP contribution in [0.2, 0.25) is 0 Å². The largest absolute Gasteiger partial charge is 0.478 e. The summed E-state index contributed by atoms with van der Waals surface area (Å²) >= 11 is 3.12. The van der Waals surface area contributed by atoms with E-state index in [0.717, 1.165) is 12.8 Å². The van der Waals surface area contributed by atoms with Gasteiger partial charge in [0.1, 0.15) is 17.1 Å². The number of carboxylic acids is 1. The molecule has 3 rings (SSSR count). The average molecular weight is 353 g/mol. The van der Waals surface area contributed by atoms with Gasteiger partial charge >= 0.3 is 5.97 Å². The number of carbonyl (C=O) groups is 1. The number of hydrogen-bond donors (Lipinski definition) is 1. The lowest BCUT2D eigenvalue weighted by Crippen LogP contribution is -2.07. The second-order valence-electron chi connectivity index (χ2n) is 5.38. The van der Waals surface area contributed by atoms with Crippen molar-refractivity contribution in [1.29, 1.82) is 0 Å². The molecule has 0 saturated heterocycles. The van der Waals surface area contributed by atoms with Crippen LogP contribution < -0.4 is 0 Å². The third-order valence-electron chi connectivity index (χ3n) is 3.88. The van der Waals surface area contributed by atoms with Gasteiger partial charge in [-0.15, -0.1) is 0 Å². The molecule has 1 fully saturated rings. The molecule has 2 aromatic rings. The zero-order valence-electron chi connectivity index (χ0n) is 11.4. The molecule has 110 valence electrons. The quantitative estimate of drug-likeness (QED) is 0.900. The molecule has 0 spiro atoms. The van der Waals surface area contributed by atoms with Crippen molar-refractivity contribution in [2.24, 2.45) is 5.92 Å². The normalized spacial score (nSPS) is 16.0. The van der Waals surface area contributed by atoms with Gasteiger partial charge in [-0.1, -0.05) is 0 Å². The summed E-state index contributed by atoms with van der Waals surface area (Å²) in [5, 5.41) is 13.8. The van der Waals surface area contributed by atoms with E-state index in [0.29, 0.717) is 21.6 Å². The van der Waals surface area contributed by atoms with Gasteiger partial charge in [0.15, 0.2) is 0 Å². The van der Waals surface area contributed by atoms with Crippen molar-refractivity contribution in [1.82, 2.24) is 9.78 Å². The Hall–Kier alpha value is -1.69. The van der Waals surface area contributed by atoms with Crippen molar-refractivity contribution in [3.63, 3.8) is 0 Å². The summed E-state index contributed by atoms with van der Waals surface area (Å²) in [7, 11) is 0. The van der Waals surface area contributed by atoms with Crippen LogP contribution in [0, 0.1) is 11.7 Å². The number of halogens is 2. The minimum absolute atomic E-state index is 0.140. The highest BCUT2D eigenvalue weighted by molar-refractivity contribution is 9.10. The lowest BCUT2D eigenvalue weighted by molar-refractivity contribution is 0.0697. The van der Waals surface area contributed by atoms with Crippen LogP contribution in [0.1, 0.15) is 36.2 Å². The van der Waals surface area contributed by atoms with Crippen molar-refractivity contribution >= 4 is 21.9 Å². The number of aromatic nitrogens is 2. The van der Waals surface area contributed by atoms with Crippen molar-refractivity contribution in [2.45, 2.75) is 25.8 Å². The standard InChI is InChI=1S/C15H14BrFN2O2/c1-8(9-2-3-9)19-7-11(15(20)21)14(18-19)10-4-5-13(17)12(16)6-10/h4-9H,2-3H2,1H3,(H,20,21). The van der Waals surface area contributed by atoms with Crippen LogP contribution in [0.25, 0.3) is 11.3 Å². The number of nitrogens with zero attached hydrogens (tertiary/aromatic N) is 2. The van der Waals surface area contributed by atoms with Gasteiger partial charge in [-0.2, -0.15) is 5.10 Å². The fourth-order valence-electron chi connectivity index (χ4n) is 2.41. The van der Waals surface area contributed by atoms with Crippen molar-refractivity contribution in [3.8, 4) is 11.3 Å². The Kier molecular flexibility index (Phi) is 3.57. The number of aromatic carboxylic acids is 1. The highest BCUT2D eigenvalue weighted by Crippen LogP contribution is 2.40. The van der Waals surface area contributed by atoms with Crippen LogP contribution in [-0.2, 0) is 0 Å². The van der Waals surface area contributed by atoms with Gasteiger partial charge in [-0.3, -0.25) is 4.68 Å². The fraction of sp³-hybridized carbons (Fsp3) is 0.333. The first-order chi connectivity index (χ1) is 9.97. The van der Waals surface area contributed by atoms with E-state index in [1.165, 1.54) is 6.07 Å². The Labute approximate surface area is 129 Å². The topological polar surface area (TPSA) is 55.1 Å². The molecule has 1 N–H and O–H groups in total. The average Bonchev–Trinajstić information content (AvgIpc) is 3.19. The zero-order valence-corrected chi connectivity index (χ0v) is 13.0. The van der Waals surface area contributed by atoms with E-state index >= 15 is 0 Å². The molecule has 4 nitrogen and oxygen atoms in total. The maximum atomic E-state index is 13.3. The Morgan fingerprint density at radius 3 is 2.81 bits per heavy atom. The molecule has 1 aromatic heterocycles. The summed E-state index contributed by atoms with van der Waals surface area (Å²) in [6.07, 6.45) is 3.87. The maximum Gasteiger partial charge on any atom is 0.339 e. The predicted molar refractivity (Wildman–Crippen MR) is 79.7 cm³/mol. The molecular weight excluding hydrogens is 339 g/mol. The van der Waals surface area contributed by atoms with Gasteiger partial charge in [-0.25, -0.2) is 9.18 Å². The molecule has 1 heterocycles. The number of hydrogen-bond acceptors (Lipinski definition) is 2. The number of carboxylic acid groups (broad SMARTS) is 1. The molecule has 1 atom stereocenters. The number of benzene rings is 1. The summed E-state index contributed by atoms with van der Waals surface area (Å²) in [6, 6.07) is 4.58. The van der Waals surface area contributed by atoms with Gasteiger partial charge in [0.2, 0.25) is 0 Å². The van der Waals surface area contributed by atoms with Crippen LogP contribution in [0.5, 0.6) is 0 Å². The lowest BCUT2D eigenvalue weighted by Gasteiger charge is -2.09. The van der Waals surface area contributed by atoms with Gasteiger partial charge in [-0.05, 0) is 59.8 Å². The molecule has 0 bridgehead atoms. The monoisotopic (exact) mass is 352 g/mol. The second kappa shape index (κ2) is 5.26. The van der Waals surface area contributed by atoms with Crippen LogP contribution >= 0.6 is 15.9 Å². The third kappa shape index (κ3) is 2.72. The summed E-state index contributed by atoms with van der Waals surface area (Å²) in [6.45, 7) is 2.04. The molecule has 0 aliphatic heterocycles. The predicted octanol–water partition coefficient (Wildman–Crippen LogP) is 4.12. The van der Waals surface area contributed by atoms with Crippen molar-refractivity contribution in [3.05, 3.63) is 40.2 Å². The molecule has 1 aromatic carbocycles. The Bertz CT molecular complexity index is 710. The Morgan fingerprint density at radius 1 is 1.52 bits per heavy atom. The first kappa shape index (κ1) is 14.3. The second-order valence-corrected chi connectivity index (χ2v) is 6.24. The van der Waals surface area contributed by atoms with Gasteiger partial charge in [0.05, 0.1) is 10.5 Å². The van der Waals surface area contributed by atoms with E-state index in [-0.39, 0.29) is 17.4 Å². The summed E-state index contributed by atoms with van der Waals surface area (Å²) in [5.74, 6) is -0.847. The van der Waals surface area contributed by atoms with Crippen LogP contribution in [-0.4, -0.2) is 20.9 Å². The van der Waals surface area contributed by atoms with E-state index < -0.39 is 5.97 Å². The Balaban J connectivity index is 2.06. The molecule has 21 heavy (non-hydrogen) atoms. The van der Waals surface area contributed by atoms with Crippen LogP contribution in [0.3, 0.4) is 0 Å². The van der Waals surface area contributed by atoms with E-state index in [9.17, 15) is 14.3 Å². The first-order valence-electron chi connectivity index (χ1n) is 6.75. The van der Waals surface area contributed by atoms with Gasteiger partial charge in [0, 0.05) is 11.8 Å². The molecule has 1 aliphatic carbocycles. The molecule has 6 heteroatoms. The molecule has 1 saturated carbocycles. The van der Waals surface area contributed by atoms with Crippen molar-refractivity contribution in [2.75, 3.05) is 0 Å². The smallest absolute Gasteiger partial charge is 0.339 e. The molecular formula is C15H14BrFN2O2. The van der Waals surface area contributed by atoms with E-state index in [1.54, 1.807) is 23.0 Å². The minimum atomic E-state index is -1.03. The summed E-state index contributed by atoms with van der Waals surface area (Å²) < 4.78 is 15.3. The van der Waals surface area contributed by atoms with Crippen molar-refractivity contribution < 1.29 is 14.3 Å². The highest BCUT2D eigenvalue weighted by atomic mass is 79.9. The van der Waals surface area contributed by atoms with Gasteiger partial charge in [0.25, 0.3) is 0 Å². The summed E-state index contributed by atoms with van der Waals surface area (Å²) in [5.41, 5.74) is 1.10. The molecule has 0 amide bonds. The lowest BCUT2D eigenvalue weighted by atomic mass is 10.1. The van der Waals surface area contributed by atoms with E-state index in [1.807, 2.05) is 6.92 Å². The van der Waals surface area contributed by atoms with Crippen LogP contribution in [0.15, 0.2) is 28.9 Å². The van der Waals surface area contributed by atoms with E-state index in [4.69, 9.17) is 0 Å². The van der Waals surface area contributed by atoms with Crippen LogP contribution in [0.4, 0.5) is 4.39 Å². The Morgan fingerprint density at radius 2 is 2.24 bits per heavy atom. The third-order valence-corrected chi connectivity index (χ3v) is 4.48. The molecule has 0 radical (unpaired) electrons. The SMILES string of the molecule is CC(C1CC1)n1cc(C(=O)O)c(-c2ccc(F)c(Br)c2)n1. The minimum Gasteiger partial charge on any atom is -0.478 e. The highest BCUT2D eigenvalue weighted by Gasteiger charge is 2.31. The fourth-order valence-corrected chi connectivity index (χ4v) is 2.79. The van der Waals surface area contributed by atoms with E-state index in [2.05, 4.69) is 21.0 Å².